The zero-order valence-corrected chi connectivity index (χ0v) is 10.4. The van der Waals surface area contributed by atoms with E-state index in [9.17, 15) is 13.2 Å². The van der Waals surface area contributed by atoms with Gasteiger partial charge in [-0.15, -0.1) is 0 Å². The van der Waals surface area contributed by atoms with Crippen LogP contribution in [0.25, 0.3) is 0 Å². The number of hydrogen-bond donors (Lipinski definition) is 0. The average Bonchev–Trinajstić information content (AvgIpc) is 2.16. The fourth-order valence-corrected chi connectivity index (χ4v) is 1.14. The summed E-state index contributed by atoms with van der Waals surface area (Å²) in [5, 5.41) is 0. The van der Waals surface area contributed by atoms with Crippen LogP contribution in [-0.4, -0.2) is 17.9 Å². The molecule has 0 aliphatic heterocycles. The maximum Gasteiger partial charge on any atom is 0.412 e. The highest BCUT2D eigenvalue weighted by Crippen LogP contribution is 2.25. The van der Waals surface area contributed by atoms with Gasteiger partial charge >= 0.3 is 6.18 Å². The smallest absolute Gasteiger partial charge is 0.287 e. The van der Waals surface area contributed by atoms with E-state index in [2.05, 4.69) is 4.99 Å². The molecule has 1 nitrogen and oxygen atoms in total. The molecule has 0 rings (SSSR count). The van der Waals surface area contributed by atoms with Gasteiger partial charge in [-0.3, -0.25) is 4.99 Å². The van der Waals surface area contributed by atoms with Crippen molar-refractivity contribution in [3.63, 3.8) is 0 Å². The normalized spacial score (nSPS) is 16.4. The minimum absolute atomic E-state index is 0.0823. The number of allylic oxidation sites excluding steroid dienone is 2. The fourth-order valence-electron chi connectivity index (χ4n) is 1.14. The molecule has 0 fully saturated rings. The van der Waals surface area contributed by atoms with Crippen molar-refractivity contribution in [3.05, 3.63) is 11.6 Å². The lowest BCUT2D eigenvalue weighted by atomic mass is 10.1. The molecule has 94 valence electrons. The molecule has 0 aliphatic carbocycles. The largest absolute Gasteiger partial charge is 0.412 e. The number of hydrogen-bond acceptors (Lipinski definition) is 1. The third-order valence-corrected chi connectivity index (χ3v) is 2.31. The predicted molar refractivity (Wildman–Crippen MR) is 61.9 cm³/mol. The van der Waals surface area contributed by atoms with Crippen LogP contribution in [0.1, 0.15) is 47.0 Å². The first-order valence-corrected chi connectivity index (χ1v) is 5.63. The van der Waals surface area contributed by atoms with Gasteiger partial charge in [0.1, 0.15) is 0 Å². The summed E-state index contributed by atoms with van der Waals surface area (Å²) in [6, 6.07) is 0.0823. The summed E-state index contributed by atoms with van der Waals surface area (Å²) < 4.78 is 37.0. The van der Waals surface area contributed by atoms with Gasteiger partial charge in [-0.1, -0.05) is 20.3 Å². The fraction of sp³-hybridized carbons (Fsp3) is 0.750. The van der Waals surface area contributed by atoms with Crippen LogP contribution in [0.3, 0.4) is 0 Å². The SMILES string of the molecule is CCCC(/C=C(\C)C(F)(F)F)=NC(C)CC. The van der Waals surface area contributed by atoms with Crippen molar-refractivity contribution in [3.8, 4) is 0 Å². The Kier molecular flexibility index (Phi) is 6.38. The maximum atomic E-state index is 12.3. The second-order valence-corrected chi connectivity index (χ2v) is 3.95. The molecule has 0 spiro atoms. The molecule has 0 bridgehead atoms. The van der Waals surface area contributed by atoms with E-state index in [1.54, 1.807) is 0 Å². The molecule has 0 saturated carbocycles. The summed E-state index contributed by atoms with van der Waals surface area (Å²) in [7, 11) is 0. The van der Waals surface area contributed by atoms with Gasteiger partial charge in [-0.2, -0.15) is 13.2 Å². The molecule has 0 amide bonds. The molecule has 0 heterocycles. The Bertz CT molecular complexity index is 264. The second kappa shape index (κ2) is 6.71. The van der Waals surface area contributed by atoms with E-state index in [1.165, 1.54) is 0 Å². The van der Waals surface area contributed by atoms with E-state index in [0.29, 0.717) is 12.1 Å². The first-order valence-electron chi connectivity index (χ1n) is 5.63. The van der Waals surface area contributed by atoms with Gasteiger partial charge in [0, 0.05) is 17.3 Å². The van der Waals surface area contributed by atoms with Crippen LogP contribution < -0.4 is 0 Å². The Morgan fingerprint density at radius 3 is 2.25 bits per heavy atom. The Morgan fingerprint density at radius 1 is 1.31 bits per heavy atom. The Morgan fingerprint density at radius 2 is 1.88 bits per heavy atom. The van der Waals surface area contributed by atoms with Crippen LogP contribution in [0.15, 0.2) is 16.6 Å². The summed E-state index contributed by atoms with van der Waals surface area (Å²) >= 11 is 0. The van der Waals surface area contributed by atoms with Crippen molar-refractivity contribution >= 4 is 5.71 Å². The second-order valence-electron chi connectivity index (χ2n) is 3.95. The van der Waals surface area contributed by atoms with Gasteiger partial charge in [-0.05, 0) is 32.8 Å². The van der Waals surface area contributed by atoms with E-state index >= 15 is 0 Å². The molecule has 1 unspecified atom stereocenters. The Balaban J connectivity index is 4.87. The molecule has 0 aromatic rings. The van der Waals surface area contributed by atoms with Crippen LogP contribution in [0.2, 0.25) is 0 Å². The van der Waals surface area contributed by atoms with E-state index in [-0.39, 0.29) is 6.04 Å². The number of alkyl halides is 3. The van der Waals surface area contributed by atoms with Crippen LogP contribution in [0.4, 0.5) is 13.2 Å². The van der Waals surface area contributed by atoms with Gasteiger partial charge < -0.3 is 0 Å². The molecular weight excluding hydrogens is 215 g/mol. The van der Waals surface area contributed by atoms with Gasteiger partial charge in [0.05, 0.1) is 0 Å². The van der Waals surface area contributed by atoms with Crippen LogP contribution >= 0.6 is 0 Å². The summed E-state index contributed by atoms with van der Waals surface area (Å²) in [5.41, 5.74) is -0.0327. The summed E-state index contributed by atoms with van der Waals surface area (Å²) in [6.45, 7) is 6.90. The summed E-state index contributed by atoms with van der Waals surface area (Å²) in [6.07, 6.45) is -0.847. The first kappa shape index (κ1) is 15.2. The van der Waals surface area contributed by atoms with E-state index in [4.69, 9.17) is 0 Å². The zero-order valence-electron chi connectivity index (χ0n) is 10.4. The highest BCUT2D eigenvalue weighted by molar-refractivity contribution is 5.95. The van der Waals surface area contributed by atoms with Gasteiger partial charge in [0.2, 0.25) is 0 Å². The van der Waals surface area contributed by atoms with Gasteiger partial charge in [0.25, 0.3) is 0 Å². The molecule has 0 aromatic carbocycles. The highest BCUT2D eigenvalue weighted by atomic mass is 19.4. The third-order valence-electron chi connectivity index (χ3n) is 2.31. The molecule has 0 aromatic heterocycles. The number of halogens is 3. The van der Waals surface area contributed by atoms with Crippen molar-refractivity contribution in [2.45, 2.75) is 59.2 Å². The molecule has 16 heavy (non-hydrogen) atoms. The minimum atomic E-state index is -4.25. The highest BCUT2D eigenvalue weighted by Gasteiger charge is 2.30. The van der Waals surface area contributed by atoms with Crippen LogP contribution in [0.5, 0.6) is 0 Å². The molecule has 0 aliphatic rings. The van der Waals surface area contributed by atoms with Gasteiger partial charge in [-0.25, -0.2) is 0 Å². The van der Waals surface area contributed by atoms with E-state index in [1.807, 2.05) is 20.8 Å². The molecule has 0 N–H and O–H groups in total. The zero-order chi connectivity index (χ0) is 12.8. The predicted octanol–water partition coefficient (Wildman–Crippen LogP) is 4.53. The lowest BCUT2D eigenvalue weighted by Gasteiger charge is -2.09. The van der Waals surface area contributed by atoms with Crippen molar-refractivity contribution in [1.29, 1.82) is 0 Å². The first-order chi connectivity index (χ1) is 7.31. The molecular formula is C12H20F3N. The van der Waals surface area contributed by atoms with E-state index in [0.717, 1.165) is 25.8 Å². The number of nitrogens with zero attached hydrogens (tertiary/aromatic N) is 1. The lowest BCUT2D eigenvalue weighted by Crippen LogP contribution is -2.12. The molecule has 0 radical (unpaired) electrons. The topological polar surface area (TPSA) is 12.4 Å². The Hall–Kier alpha value is -0.800. The average molecular weight is 235 g/mol. The number of aliphatic imine (C=N–C) groups is 1. The third kappa shape index (κ3) is 5.93. The summed E-state index contributed by atoms with van der Waals surface area (Å²) in [5.74, 6) is 0. The maximum absolute atomic E-state index is 12.3. The minimum Gasteiger partial charge on any atom is -0.287 e. The standard InChI is InChI=1S/C12H20F3N/c1-5-7-11(16-10(4)6-2)8-9(3)12(13,14)15/h8,10H,5-7H2,1-4H3/b9-8+,16-11?. The van der Waals surface area contributed by atoms with Gasteiger partial charge in [0.15, 0.2) is 0 Å². The molecule has 1 atom stereocenters. The van der Waals surface area contributed by atoms with E-state index < -0.39 is 11.7 Å². The monoisotopic (exact) mass is 235 g/mol. The number of rotatable bonds is 5. The van der Waals surface area contributed by atoms with Crippen LogP contribution in [0, 0.1) is 0 Å². The Labute approximate surface area is 95.5 Å². The summed E-state index contributed by atoms with van der Waals surface area (Å²) in [4.78, 5) is 4.28. The van der Waals surface area contributed by atoms with Crippen molar-refractivity contribution in [2.75, 3.05) is 0 Å². The molecule has 0 saturated heterocycles. The van der Waals surface area contributed by atoms with Crippen LogP contribution in [-0.2, 0) is 0 Å². The lowest BCUT2D eigenvalue weighted by molar-refractivity contribution is -0.0912. The quantitative estimate of drug-likeness (QED) is 0.620. The van der Waals surface area contributed by atoms with Crippen molar-refractivity contribution in [1.82, 2.24) is 0 Å². The van der Waals surface area contributed by atoms with Crippen molar-refractivity contribution < 1.29 is 13.2 Å². The molecule has 4 heteroatoms. The van der Waals surface area contributed by atoms with Crippen molar-refractivity contribution in [2.24, 2.45) is 4.99 Å².